The van der Waals surface area contributed by atoms with Crippen LogP contribution in [0.5, 0.6) is 0 Å². The third kappa shape index (κ3) is 7.68. The lowest BCUT2D eigenvalue weighted by atomic mass is 10.2. The first kappa shape index (κ1) is 17.8. The molecule has 4 nitrogen and oxygen atoms in total. The normalized spacial score (nSPS) is 12.6. The number of hydrogen-bond donors (Lipinski definition) is 2. The Morgan fingerprint density at radius 2 is 2.00 bits per heavy atom. The summed E-state index contributed by atoms with van der Waals surface area (Å²) < 4.78 is 0.740. The van der Waals surface area contributed by atoms with E-state index in [4.69, 9.17) is 0 Å². The maximum atomic E-state index is 11.2. The van der Waals surface area contributed by atoms with E-state index < -0.39 is 6.10 Å². The molecular weight excluding hydrogens is 228 g/mol. The Morgan fingerprint density at radius 3 is 2.38 bits per heavy atom. The SMILES string of the molecule is C=C(C)C(=O)NCC(O)C[N+](C)(C)CC.[Cl-]. The van der Waals surface area contributed by atoms with Gasteiger partial charge in [0.1, 0.15) is 12.6 Å². The van der Waals surface area contributed by atoms with Crippen LogP contribution in [0.15, 0.2) is 12.2 Å². The summed E-state index contributed by atoms with van der Waals surface area (Å²) in [5.74, 6) is -0.198. The lowest BCUT2D eigenvalue weighted by Gasteiger charge is -2.30. The molecule has 1 atom stereocenters. The molecule has 0 bridgehead atoms. The van der Waals surface area contributed by atoms with E-state index in [1.165, 1.54) is 0 Å². The highest BCUT2D eigenvalue weighted by Gasteiger charge is 2.18. The van der Waals surface area contributed by atoms with Gasteiger partial charge in [0.25, 0.3) is 0 Å². The third-order valence-electron chi connectivity index (χ3n) is 2.45. The maximum Gasteiger partial charge on any atom is 0.246 e. The molecule has 16 heavy (non-hydrogen) atoms. The van der Waals surface area contributed by atoms with Crippen LogP contribution in [-0.4, -0.2) is 55.3 Å². The van der Waals surface area contributed by atoms with Crippen LogP contribution in [0.4, 0.5) is 0 Å². The third-order valence-corrected chi connectivity index (χ3v) is 2.45. The van der Waals surface area contributed by atoms with E-state index in [0.717, 1.165) is 11.0 Å². The molecule has 0 aromatic carbocycles. The number of likely N-dealkylation sites (N-methyl/N-ethyl adjacent to an activating group) is 1. The second kappa shape index (κ2) is 7.65. The zero-order valence-corrected chi connectivity index (χ0v) is 11.3. The van der Waals surface area contributed by atoms with Crippen molar-refractivity contribution in [2.75, 3.05) is 33.7 Å². The van der Waals surface area contributed by atoms with E-state index in [0.29, 0.717) is 12.1 Å². The van der Waals surface area contributed by atoms with Gasteiger partial charge in [-0.05, 0) is 13.8 Å². The predicted molar refractivity (Wildman–Crippen MR) is 61.3 cm³/mol. The molecule has 0 rings (SSSR count). The average molecular weight is 251 g/mol. The highest BCUT2D eigenvalue weighted by molar-refractivity contribution is 5.92. The number of aliphatic hydroxyl groups excluding tert-OH is 1. The molecule has 1 amide bonds. The van der Waals surface area contributed by atoms with Crippen molar-refractivity contribution in [1.82, 2.24) is 5.32 Å². The summed E-state index contributed by atoms with van der Waals surface area (Å²) in [6, 6.07) is 0. The largest absolute Gasteiger partial charge is 1.00 e. The zero-order chi connectivity index (χ0) is 12.1. The fourth-order valence-corrected chi connectivity index (χ4v) is 1.13. The van der Waals surface area contributed by atoms with Gasteiger partial charge in [0.05, 0.1) is 20.6 Å². The summed E-state index contributed by atoms with van der Waals surface area (Å²) in [5.41, 5.74) is 0.464. The van der Waals surface area contributed by atoms with E-state index >= 15 is 0 Å². The lowest BCUT2D eigenvalue weighted by Crippen LogP contribution is -3.00. The summed E-state index contributed by atoms with van der Waals surface area (Å²) in [4.78, 5) is 11.2. The molecule has 0 saturated carbocycles. The molecule has 96 valence electrons. The summed E-state index contributed by atoms with van der Waals surface area (Å²) in [5, 5.41) is 12.3. The number of aliphatic hydroxyl groups is 1. The summed E-state index contributed by atoms with van der Waals surface area (Å²) in [7, 11) is 4.09. The molecule has 1 unspecified atom stereocenters. The second-order valence-electron chi connectivity index (χ2n) is 4.58. The number of nitrogens with zero attached hydrogens (tertiary/aromatic N) is 1. The first-order valence-corrected chi connectivity index (χ1v) is 5.22. The Kier molecular flexibility index (Phi) is 8.52. The standard InChI is InChI=1S/C11H22N2O2.ClH/c1-6-13(4,5)8-10(14)7-12-11(15)9(2)3;/h10,14H,2,6-8H2,1,3-5H3;1H. The van der Waals surface area contributed by atoms with Gasteiger partial charge in [-0.2, -0.15) is 0 Å². The minimum atomic E-state index is -0.511. The highest BCUT2D eigenvalue weighted by Crippen LogP contribution is 1.98. The van der Waals surface area contributed by atoms with Gasteiger partial charge in [-0.25, -0.2) is 0 Å². The van der Waals surface area contributed by atoms with Crippen molar-refractivity contribution in [1.29, 1.82) is 0 Å². The number of rotatable bonds is 6. The summed E-state index contributed by atoms with van der Waals surface area (Å²) in [6.07, 6.45) is -0.511. The minimum absolute atomic E-state index is 0. The minimum Gasteiger partial charge on any atom is -1.00 e. The average Bonchev–Trinajstić information content (AvgIpc) is 2.13. The van der Waals surface area contributed by atoms with Gasteiger partial charge in [-0.15, -0.1) is 0 Å². The van der Waals surface area contributed by atoms with Crippen LogP contribution in [0.2, 0.25) is 0 Å². The van der Waals surface area contributed by atoms with Gasteiger partial charge in [-0.1, -0.05) is 6.58 Å². The Balaban J connectivity index is 0. The van der Waals surface area contributed by atoms with Crippen LogP contribution in [0.3, 0.4) is 0 Å². The Morgan fingerprint density at radius 1 is 1.50 bits per heavy atom. The molecule has 0 aliphatic carbocycles. The number of carbonyl (C=O) groups excluding carboxylic acids is 1. The van der Waals surface area contributed by atoms with Crippen molar-refractivity contribution in [3.63, 3.8) is 0 Å². The predicted octanol–water partition coefficient (Wildman–Crippen LogP) is -2.86. The van der Waals surface area contributed by atoms with Gasteiger partial charge in [-0.3, -0.25) is 4.79 Å². The molecule has 0 aromatic rings. The van der Waals surface area contributed by atoms with Crippen molar-refractivity contribution < 1.29 is 26.8 Å². The molecule has 0 saturated heterocycles. The highest BCUT2D eigenvalue weighted by atomic mass is 35.5. The fourth-order valence-electron chi connectivity index (χ4n) is 1.13. The number of amides is 1. The van der Waals surface area contributed by atoms with Gasteiger partial charge in [0.2, 0.25) is 5.91 Å². The topological polar surface area (TPSA) is 49.3 Å². The van der Waals surface area contributed by atoms with Gasteiger partial charge in [0.15, 0.2) is 0 Å². The number of halogens is 1. The molecule has 0 radical (unpaired) electrons. The van der Waals surface area contributed by atoms with Crippen LogP contribution in [0, 0.1) is 0 Å². The first-order chi connectivity index (χ1) is 6.78. The number of nitrogens with one attached hydrogen (secondary N) is 1. The lowest BCUT2D eigenvalue weighted by molar-refractivity contribution is -0.891. The van der Waals surface area contributed by atoms with Crippen LogP contribution in [0.1, 0.15) is 13.8 Å². The fraction of sp³-hybridized carbons (Fsp3) is 0.727. The second-order valence-corrected chi connectivity index (χ2v) is 4.58. The molecule has 5 heteroatoms. The van der Waals surface area contributed by atoms with E-state index in [2.05, 4.69) is 18.8 Å². The smallest absolute Gasteiger partial charge is 0.246 e. The van der Waals surface area contributed by atoms with Crippen molar-refractivity contribution >= 4 is 5.91 Å². The Hall–Kier alpha value is -0.580. The molecule has 0 spiro atoms. The maximum absolute atomic E-state index is 11.2. The molecule has 0 heterocycles. The zero-order valence-electron chi connectivity index (χ0n) is 10.6. The Bertz CT molecular complexity index is 242. The van der Waals surface area contributed by atoms with Crippen molar-refractivity contribution in [3.8, 4) is 0 Å². The van der Waals surface area contributed by atoms with Crippen molar-refractivity contribution in [2.45, 2.75) is 20.0 Å². The van der Waals surface area contributed by atoms with E-state index in [1.807, 2.05) is 14.1 Å². The summed E-state index contributed by atoms with van der Waals surface area (Å²) in [6.45, 7) is 9.11. The molecule has 0 aliphatic heterocycles. The summed E-state index contributed by atoms with van der Waals surface area (Å²) >= 11 is 0. The van der Waals surface area contributed by atoms with Crippen LogP contribution in [0.25, 0.3) is 0 Å². The number of hydrogen-bond acceptors (Lipinski definition) is 2. The Labute approximate surface area is 104 Å². The van der Waals surface area contributed by atoms with Crippen LogP contribution >= 0.6 is 0 Å². The van der Waals surface area contributed by atoms with E-state index in [1.54, 1.807) is 6.92 Å². The van der Waals surface area contributed by atoms with Crippen LogP contribution in [-0.2, 0) is 4.79 Å². The molecular formula is C11H23ClN2O2. The van der Waals surface area contributed by atoms with Crippen LogP contribution < -0.4 is 17.7 Å². The van der Waals surface area contributed by atoms with Crippen molar-refractivity contribution in [2.24, 2.45) is 0 Å². The first-order valence-electron chi connectivity index (χ1n) is 5.22. The molecule has 0 aromatic heterocycles. The molecule has 0 fully saturated rings. The number of quaternary nitrogens is 1. The van der Waals surface area contributed by atoms with E-state index in [-0.39, 0.29) is 24.9 Å². The van der Waals surface area contributed by atoms with Gasteiger partial charge >= 0.3 is 0 Å². The monoisotopic (exact) mass is 250 g/mol. The van der Waals surface area contributed by atoms with Crippen molar-refractivity contribution in [3.05, 3.63) is 12.2 Å². The van der Waals surface area contributed by atoms with Gasteiger partial charge < -0.3 is 27.3 Å². The quantitative estimate of drug-likeness (QED) is 0.394. The molecule has 0 aliphatic rings. The molecule has 2 N–H and O–H groups in total. The van der Waals surface area contributed by atoms with Gasteiger partial charge in [0, 0.05) is 12.1 Å². The van der Waals surface area contributed by atoms with E-state index in [9.17, 15) is 9.90 Å². The number of carbonyl (C=O) groups is 1.